The second-order valence-electron chi connectivity index (χ2n) is 16.9. The van der Waals surface area contributed by atoms with E-state index in [-0.39, 0.29) is 12.3 Å². The summed E-state index contributed by atoms with van der Waals surface area (Å²) >= 11 is 7.39. The first-order chi connectivity index (χ1) is 28.3. The molecule has 0 saturated carbocycles. The molecule has 0 aromatic heterocycles. The Kier molecular flexibility index (Phi) is 21.2. The van der Waals surface area contributed by atoms with E-state index in [0.717, 1.165) is 62.5 Å². The topological polar surface area (TPSA) is 20.2 Å². The molecular formula is C56H74I3OV. The Balaban J connectivity index is 0.000000209. The zero-order valence-corrected chi connectivity index (χ0v) is 47.2. The van der Waals surface area contributed by atoms with Crippen LogP contribution in [-0.4, -0.2) is 5.11 Å². The van der Waals surface area contributed by atoms with Gasteiger partial charge in [-0.15, -0.1) is 0 Å². The van der Waals surface area contributed by atoms with Crippen LogP contribution in [0.2, 0.25) is 0 Å². The van der Waals surface area contributed by atoms with E-state index in [1.54, 1.807) is 16.7 Å². The number of allylic oxidation sites excluding steroid dienone is 8. The number of aryl methyl sites for hydroxylation is 4. The van der Waals surface area contributed by atoms with Gasteiger partial charge in [0, 0.05) is 0 Å². The van der Waals surface area contributed by atoms with Gasteiger partial charge in [0.05, 0.1) is 0 Å². The molecule has 5 heteroatoms. The van der Waals surface area contributed by atoms with Crippen molar-refractivity contribution in [2.24, 2.45) is 0 Å². The van der Waals surface area contributed by atoms with Gasteiger partial charge in [0.25, 0.3) is 0 Å². The van der Waals surface area contributed by atoms with Crippen LogP contribution in [0.3, 0.4) is 0 Å². The van der Waals surface area contributed by atoms with Crippen molar-refractivity contribution in [2.75, 3.05) is 0 Å². The van der Waals surface area contributed by atoms with Crippen LogP contribution in [0.4, 0.5) is 0 Å². The van der Waals surface area contributed by atoms with E-state index in [1.807, 2.05) is 13.8 Å². The van der Waals surface area contributed by atoms with Gasteiger partial charge in [0.1, 0.15) is 5.75 Å². The maximum absolute atomic E-state index is 9.81. The molecule has 1 nitrogen and oxygen atoms in total. The number of halogens is 3. The number of phenols is 1. The van der Waals surface area contributed by atoms with Crippen molar-refractivity contribution < 1.29 is 10.0 Å². The van der Waals surface area contributed by atoms with Gasteiger partial charge >= 0.3 is 64.9 Å². The number of aromatic hydroxyl groups is 1. The van der Waals surface area contributed by atoms with Crippen molar-refractivity contribution in [3.8, 4) is 5.75 Å². The Morgan fingerprint density at radius 2 is 0.607 bits per heavy atom. The van der Waals surface area contributed by atoms with Gasteiger partial charge in [-0.1, -0.05) is 77.6 Å². The van der Waals surface area contributed by atoms with Gasteiger partial charge in [-0.2, -0.15) is 0 Å². The molecule has 61 heavy (non-hydrogen) atoms. The number of fused-ring (bicyclic) bond motifs is 4. The summed E-state index contributed by atoms with van der Waals surface area (Å²) in [6.07, 6.45) is 18.4. The molecule has 4 aliphatic rings. The number of hydrogen-bond acceptors (Lipinski definition) is 1. The molecule has 1 N–H and O–H groups in total. The zero-order valence-electron chi connectivity index (χ0n) is 39.3. The molecule has 0 fully saturated rings. The molecule has 0 atom stereocenters. The number of rotatable bonds is 4. The summed E-state index contributed by atoms with van der Waals surface area (Å²) in [7, 11) is 0. The predicted octanol–water partition coefficient (Wildman–Crippen LogP) is 18.5. The summed E-state index contributed by atoms with van der Waals surface area (Å²) < 4.78 is 0. The molecule has 8 rings (SSSR count). The molecule has 330 valence electrons. The normalized spacial score (nSPS) is 13.6. The van der Waals surface area contributed by atoms with E-state index in [0.29, 0.717) is 5.75 Å². The van der Waals surface area contributed by atoms with Crippen molar-refractivity contribution in [3.63, 3.8) is 0 Å². The monoisotopic (exact) mass is 1190 g/mol. The van der Waals surface area contributed by atoms with Crippen LogP contribution in [0.15, 0.2) is 48.6 Å². The van der Waals surface area contributed by atoms with Crippen molar-refractivity contribution >= 4 is 82.2 Å². The van der Waals surface area contributed by atoms with E-state index in [9.17, 15) is 5.11 Å². The van der Waals surface area contributed by atoms with Crippen LogP contribution in [0, 0.1) is 76.2 Å². The quantitative estimate of drug-likeness (QED) is 0.202. The Morgan fingerprint density at radius 1 is 0.393 bits per heavy atom. The Morgan fingerprint density at radius 3 is 0.836 bits per heavy atom. The Hall–Kier alpha value is -1.59. The molecule has 0 bridgehead atoms. The summed E-state index contributed by atoms with van der Waals surface area (Å²) in [5.74, 6) is 0.467. The van der Waals surface area contributed by atoms with Crippen LogP contribution < -0.4 is 0 Å². The molecule has 0 spiro atoms. The molecule has 0 amide bonds. The van der Waals surface area contributed by atoms with Crippen LogP contribution in [0.25, 0.3) is 22.3 Å². The van der Waals surface area contributed by atoms with Crippen LogP contribution in [0.5, 0.6) is 5.75 Å². The first kappa shape index (κ1) is 53.8. The maximum atomic E-state index is 9.81. The average molecular weight is 1190 g/mol. The van der Waals surface area contributed by atoms with E-state index >= 15 is 0 Å². The molecule has 4 aliphatic carbocycles. The summed E-state index contributed by atoms with van der Waals surface area (Å²) in [5, 5.41) is 9.81. The molecule has 0 saturated heterocycles. The SMILES string of the molecule is C.CCC1=CCc2c1cc(C)c(C)c2C.CCC1=CCc2c1cc(C)c(C)c2C.CCC1=CCc2c1cc(C)c(C)c2C.CCC1=CCc2c1cc(C)c(O)c2C.[I][V]([I])[I]. The third kappa shape index (κ3) is 12.4. The van der Waals surface area contributed by atoms with Gasteiger partial charge in [0.2, 0.25) is 0 Å². The second-order valence-corrected chi connectivity index (χ2v) is 52.3. The van der Waals surface area contributed by atoms with Gasteiger partial charge < -0.3 is 5.11 Å². The summed E-state index contributed by atoms with van der Waals surface area (Å²) in [5.41, 5.74) is 33.1. The molecule has 0 aliphatic heterocycles. The van der Waals surface area contributed by atoms with Gasteiger partial charge in [-0.25, -0.2) is 0 Å². The Labute approximate surface area is 410 Å². The molecule has 4 aromatic rings. The third-order valence-electron chi connectivity index (χ3n) is 13.9. The number of benzene rings is 4. The van der Waals surface area contributed by atoms with Crippen molar-refractivity contribution in [3.05, 3.63) is 154 Å². The van der Waals surface area contributed by atoms with Crippen molar-refractivity contribution in [1.82, 2.24) is 0 Å². The minimum atomic E-state index is -0.278. The van der Waals surface area contributed by atoms with E-state index in [4.69, 9.17) is 0 Å². The second kappa shape index (κ2) is 24.1. The standard InChI is InChI=1S/3C14H18.C13H16O.CH4.3HI.V/c3*1-5-12-6-7-13-11(4)10(3)9(2)8-14(12)13;1-4-10-5-6-11-9(3)13(14)8(2)7-12(10)11;;;;;/h3*6,8H,5,7H2,1-4H3;5,7,14H,4,6H2,1-3H3;1H4;3*1H;/q;;;;;;;;+3/p-3. The molecule has 0 radical (unpaired) electrons. The van der Waals surface area contributed by atoms with Gasteiger partial charge in [0.15, 0.2) is 0 Å². The van der Waals surface area contributed by atoms with Crippen LogP contribution in [0.1, 0.15) is 167 Å². The van der Waals surface area contributed by atoms with Gasteiger partial charge in [-0.3, -0.25) is 0 Å². The average Bonchev–Trinajstić information content (AvgIpc) is 4.03. The molecule has 0 heterocycles. The summed E-state index contributed by atoms with van der Waals surface area (Å²) in [4.78, 5) is -0.278. The Bertz CT molecular complexity index is 2040. The third-order valence-corrected chi connectivity index (χ3v) is 13.9. The van der Waals surface area contributed by atoms with Crippen molar-refractivity contribution in [2.45, 2.75) is 163 Å². The van der Waals surface area contributed by atoms with E-state index < -0.39 is 0 Å². The van der Waals surface area contributed by atoms with Gasteiger partial charge in [-0.05, 0) is 262 Å². The number of hydrogen-bond donors (Lipinski definition) is 1. The molecule has 0 unspecified atom stereocenters. The molecular weight excluding hydrogens is 1120 g/mol. The molecule has 4 aromatic carbocycles. The minimum absolute atomic E-state index is 0. The zero-order chi connectivity index (χ0) is 44.7. The number of phenolic OH excluding ortho intramolecular Hbond substituents is 1. The first-order valence-corrected chi connectivity index (χ1v) is 35.5. The summed E-state index contributed by atoms with van der Waals surface area (Å²) in [6, 6.07) is 9.19. The van der Waals surface area contributed by atoms with E-state index in [1.165, 1.54) is 100 Å². The predicted molar refractivity (Wildman–Crippen MR) is 296 cm³/mol. The fourth-order valence-electron chi connectivity index (χ4n) is 9.30. The van der Waals surface area contributed by atoms with E-state index in [2.05, 4.69) is 199 Å². The fraction of sp³-hybridized carbons (Fsp3) is 0.429. The van der Waals surface area contributed by atoms with Crippen LogP contribution in [-0.2, 0) is 30.6 Å². The van der Waals surface area contributed by atoms with Crippen LogP contribution >= 0.6 is 59.9 Å². The van der Waals surface area contributed by atoms with Crippen molar-refractivity contribution in [1.29, 1.82) is 0 Å². The first-order valence-electron chi connectivity index (χ1n) is 22.0. The fourth-order valence-corrected chi connectivity index (χ4v) is 9.30. The summed E-state index contributed by atoms with van der Waals surface area (Å²) in [6.45, 7) is 33.0.